The number of carbonyl (C=O) groups is 4. The number of hydrogen-bond donors (Lipinski definition) is 1. The van der Waals surface area contributed by atoms with Crippen molar-refractivity contribution in [3.63, 3.8) is 0 Å². The molecule has 8 rings (SSSR count). The van der Waals surface area contributed by atoms with E-state index in [-0.39, 0.29) is 11.7 Å². The molecule has 1 aliphatic carbocycles. The second-order valence-corrected chi connectivity index (χ2v) is 13.5. The molecule has 63 heavy (non-hydrogen) atoms. The van der Waals surface area contributed by atoms with Crippen molar-refractivity contribution in [2.24, 2.45) is 10.7 Å². The number of carbonyl (C=O) groups excluding carboxylic acids is 4. The summed E-state index contributed by atoms with van der Waals surface area (Å²) in [7, 11) is 0. The van der Waals surface area contributed by atoms with Gasteiger partial charge in [-0.2, -0.15) is 0 Å². The number of rotatable bonds is 11. The number of ketones is 1. The van der Waals surface area contributed by atoms with Crippen LogP contribution in [0.1, 0.15) is 54.7 Å². The van der Waals surface area contributed by atoms with Crippen molar-refractivity contribution in [2.45, 2.75) is 18.9 Å². The molecule has 310 valence electrons. The average molecular weight is 828 g/mol. The van der Waals surface area contributed by atoms with Crippen LogP contribution in [0.2, 0.25) is 0 Å². The van der Waals surface area contributed by atoms with Gasteiger partial charge in [-0.3, -0.25) is 24.1 Å². The maximum Gasteiger partial charge on any atom is 0.259 e. The molecule has 0 aliphatic heterocycles. The number of aldehydes is 2. The molecule has 7 aromatic carbocycles. The molecule has 7 nitrogen and oxygen atoms in total. The molecule has 0 radical (unpaired) electrons. The number of hydrogen-bond acceptors (Lipinski definition) is 6. The maximum absolute atomic E-state index is 13.7. The van der Waals surface area contributed by atoms with Gasteiger partial charge >= 0.3 is 0 Å². The normalized spacial score (nSPS) is 10.8. The lowest BCUT2D eigenvalue weighted by Crippen LogP contribution is -2.39. The Labute approximate surface area is 370 Å². The minimum atomic E-state index is -0.713. The fourth-order valence-corrected chi connectivity index (χ4v) is 5.83. The first-order valence-corrected chi connectivity index (χ1v) is 20.2. The molecule has 1 aliphatic rings. The monoisotopic (exact) mass is 827 g/mol. The predicted octanol–water partition coefficient (Wildman–Crippen LogP) is 11.9. The molecule has 2 N–H and O–H groups in total. The van der Waals surface area contributed by atoms with E-state index in [0.29, 0.717) is 24.1 Å². The minimum absolute atomic E-state index is 0.00758. The third-order valence-electron chi connectivity index (χ3n) is 8.98. The van der Waals surface area contributed by atoms with E-state index >= 15 is 0 Å². The topological polar surface area (TPSA) is 110 Å². The van der Waals surface area contributed by atoms with Crippen molar-refractivity contribution in [1.29, 1.82) is 0 Å². The van der Waals surface area contributed by atoms with E-state index in [0.717, 1.165) is 46.2 Å². The average Bonchev–Trinajstić information content (AvgIpc) is 3.37. The smallest absolute Gasteiger partial charge is 0.259 e. The highest BCUT2D eigenvalue weighted by atomic mass is 16.2. The third-order valence-corrected chi connectivity index (χ3v) is 8.98. The Balaban J connectivity index is 0.000000223. The first kappa shape index (κ1) is 47.2. The second kappa shape index (κ2) is 28.1. The number of aryl methyl sites for hydroxylation is 1. The molecule has 1 amide bonds. The van der Waals surface area contributed by atoms with E-state index in [2.05, 4.69) is 11.1 Å². The molecule has 0 aromatic heterocycles. The lowest BCUT2D eigenvalue weighted by Gasteiger charge is -2.31. The number of aliphatic imine (C=N–C) groups is 1. The van der Waals surface area contributed by atoms with Crippen LogP contribution in [0, 0.1) is 6.08 Å². The summed E-state index contributed by atoms with van der Waals surface area (Å²) in [4.78, 5) is 52.5. The zero-order valence-electron chi connectivity index (χ0n) is 34.8. The van der Waals surface area contributed by atoms with Gasteiger partial charge in [0, 0.05) is 47.0 Å². The molecule has 1 atom stereocenters. The number of para-hydroxylation sites is 2. The quantitative estimate of drug-likeness (QED) is 0.0793. The SMILES string of the molecule is NC1=CC=[C+]C=C1.O=C(CCc1ccccc1)C(c1ccccc1)N(C(=O)c1ccccc1)c1ccccc1.O=Cc1ccccc1.O=Cc1ccccc1.[CH+]=Nc1ccccc1. The minimum Gasteiger partial charge on any atom is -0.377 e. The largest absolute Gasteiger partial charge is 0.377 e. The molecule has 1 unspecified atom stereocenters. The van der Waals surface area contributed by atoms with Crippen LogP contribution in [-0.4, -0.2) is 31.0 Å². The molecular formula is C56H49N3O4+2. The zero-order valence-corrected chi connectivity index (χ0v) is 34.8. The Hall–Kier alpha value is -8.47. The molecule has 0 bridgehead atoms. The van der Waals surface area contributed by atoms with Crippen LogP contribution in [0.3, 0.4) is 0 Å². The highest BCUT2D eigenvalue weighted by Gasteiger charge is 2.32. The number of anilines is 1. The van der Waals surface area contributed by atoms with Crippen molar-refractivity contribution in [3.8, 4) is 0 Å². The summed E-state index contributed by atoms with van der Waals surface area (Å²) in [5.41, 5.74) is 11.6. The van der Waals surface area contributed by atoms with E-state index < -0.39 is 6.04 Å². The van der Waals surface area contributed by atoms with Crippen molar-refractivity contribution < 1.29 is 19.2 Å². The van der Waals surface area contributed by atoms with Gasteiger partial charge in [0.1, 0.15) is 36.5 Å². The fraction of sp³-hybridized carbons (Fsp3) is 0.0536. The number of nitrogens with zero attached hydrogens (tertiary/aromatic N) is 2. The molecule has 0 spiro atoms. The summed E-state index contributed by atoms with van der Waals surface area (Å²) in [6.45, 7) is 4.97. The molecule has 0 heterocycles. The molecule has 7 aromatic rings. The first-order valence-electron chi connectivity index (χ1n) is 20.2. The van der Waals surface area contributed by atoms with E-state index in [1.807, 2.05) is 176 Å². The number of Topliss-reactive ketones (excluding diaryl/α,β-unsaturated/α-hetero) is 1. The van der Waals surface area contributed by atoms with Crippen LogP contribution in [-0.2, 0) is 11.2 Å². The van der Waals surface area contributed by atoms with Crippen molar-refractivity contribution in [3.05, 3.63) is 276 Å². The molecule has 0 saturated heterocycles. The number of benzene rings is 7. The highest BCUT2D eigenvalue weighted by Crippen LogP contribution is 2.31. The van der Waals surface area contributed by atoms with Gasteiger partial charge in [-0.15, -0.1) is 0 Å². The van der Waals surface area contributed by atoms with Gasteiger partial charge in [0.2, 0.25) is 5.69 Å². The summed E-state index contributed by atoms with van der Waals surface area (Å²) in [6, 6.07) is 65.0. The van der Waals surface area contributed by atoms with Crippen LogP contribution >= 0.6 is 0 Å². The van der Waals surface area contributed by atoms with Gasteiger partial charge in [0.25, 0.3) is 5.91 Å². The predicted molar refractivity (Wildman–Crippen MR) is 256 cm³/mol. The van der Waals surface area contributed by atoms with Gasteiger partial charge in [-0.1, -0.05) is 164 Å². The fourth-order valence-electron chi connectivity index (χ4n) is 5.83. The number of allylic oxidation sites excluding steroid dienone is 5. The van der Waals surface area contributed by atoms with Crippen LogP contribution in [0.25, 0.3) is 0 Å². The second-order valence-electron chi connectivity index (χ2n) is 13.5. The zero-order chi connectivity index (χ0) is 44.7. The van der Waals surface area contributed by atoms with Gasteiger partial charge in [-0.25, -0.2) is 0 Å². The van der Waals surface area contributed by atoms with Crippen LogP contribution in [0.15, 0.2) is 247 Å². The molecule has 0 saturated carbocycles. The van der Waals surface area contributed by atoms with Gasteiger partial charge in [0.15, 0.2) is 12.5 Å². The van der Waals surface area contributed by atoms with Crippen molar-refractivity contribution in [1.82, 2.24) is 0 Å². The molecule has 7 heteroatoms. The standard InChI is InChI=1S/C29H25NO2.C7H6N.2C7H6O.C6H6N/c31-27(22-21-23-13-5-1-6-14-23)28(24-15-7-2-8-16-24)30(26-19-11-4-12-20-26)29(32)25-17-9-3-10-18-25;1-8-7-5-3-2-4-6-7;2*8-6-7-4-2-1-3-5-7;7-6-4-2-1-3-5-6/h1-20,28H,21-22H2;3*1-6H;2-5H,7H2/q;+1;;;+1. The van der Waals surface area contributed by atoms with Gasteiger partial charge < -0.3 is 5.73 Å². The van der Waals surface area contributed by atoms with E-state index in [1.165, 1.54) is 0 Å². The first-order chi connectivity index (χ1) is 30.9. The van der Waals surface area contributed by atoms with E-state index in [9.17, 15) is 19.2 Å². The van der Waals surface area contributed by atoms with Crippen LogP contribution < -0.4 is 10.6 Å². The third kappa shape index (κ3) is 17.3. The number of nitrogens with two attached hydrogens (primary N) is 1. The Bertz CT molecular complexity index is 2370. The van der Waals surface area contributed by atoms with Crippen LogP contribution in [0.4, 0.5) is 11.4 Å². The van der Waals surface area contributed by atoms with E-state index in [4.69, 9.17) is 12.5 Å². The number of amides is 1. The van der Waals surface area contributed by atoms with Crippen LogP contribution in [0.5, 0.6) is 0 Å². The Morgan fingerprint density at radius 2 is 1.05 bits per heavy atom. The summed E-state index contributed by atoms with van der Waals surface area (Å²) >= 11 is 0. The molecular weight excluding hydrogens is 779 g/mol. The Morgan fingerprint density at radius 3 is 1.44 bits per heavy atom. The van der Waals surface area contributed by atoms with Gasteiger partial charge in [-0.05, 0) is 58.9 Å². The Morgan fingerprint density at radius 1 is 0.603 bits per heavy atom. The van der Waals surface area contributed by atoms with E-state index in [1.54, 1.807) is 65.6 Å². The highest BCUT2D eigenvalue weighted by molar-refractivity contribution is 6.10. The lowest BCUT2D eigenvalue weighted by molar-refractivity contribution is -0.120. The summed E-state index contributed by atoms with van der Waals surface area (Å²) in [5, 5.41) is 0. The lowest BCUT2D eigenvalue weighted by atomic mass is 9.95. The maximum atomic E-state index is 13.7. The Kier molecular flexibility index (Phi) is 21.0. The van der Waals surface area contributed by atoms with Crippen molar-refractivity contribution >= 4 is 42.4 Å². The van der Waals surface area contributed by atoms with Gasteiger partial charge in [0.05, 0.1) is 12.2 Å². The summed E-state index contributed by atoms with van der Waals surface area (Å²) in [6.07, 6.45) is 12.7. The molecule has 0 fully saturated rings. The summed E-state index contributed by atoms with van der Waals surface area (Å²) in [5.74, 6) is -0.188. The van der Waals surface area contributed by atoms with Crippen molar-refractivity contribution in [2.75, 3.05) is 4.90 Å². The summed E-state index contributed by atoms with van der Waals surface area (Å²) < 4.78 is 0.